The Balaban J connectivity index is 1.43. The number of anilines is 3. The fourth-order valence-electron chi connectivity index (χ4n) is 3.64. The zero-order valence-corrected chi connectivity index (χ0v) is 17.0. The van der Waals surface area contributed by atoms with Crippen molar-refractivity contribution in [3.8, 4) is 5.75 Å². The molecule has 0 aliphatic carbocycles. The van der Waals surface area contributed by atoms with Gasteiger partial charge in [-0.3, -0.25) is 4.90 Å². The van der Waals surface area contributed by atoms with E-state index in [9.17, 15) is 0 Å². The predicted molar refractivity (Wildman–Crippen MR) is 117 cm³/mol. The van der Waals surface area contributed by atoms with Crippen molar-refractivity contribution in [1.82, 2.24) is 14.9 Å². The molecule has 6 nitrogen and oxygen atoms in total. The van der Waals surface area contributed by atoms with Crippen LogP contribution >= 0.6 is 0 Å². The molecule has 1 aliphatic heterocycles. The van der Waals surface area contributed by atoms with E-state index in [1.165, 1.54) is 5.56 Å². The molecule has 0 bridgehead atoms. The van der Waals surface area contributed by atoms with Crippen molar-refractivity contribution in [3.05, 3.63) is 72.1 Å². The molecule has 0 spiro atoms. The summed E-state index contributed by atoms with van der Waals surface area (Å²) < 4.78 is 5.43. The highest BCUT2D eigenvalue weighted by atomic mass is 16.5. The molecule has 0 atom stereocenters. The van der Waals surface area contributed by atoms with Crippen molar-refractivity contribution < 1.29 is 4.74 Å². The second-order valence-corrected chi connectivity index (χ2v) is 7.23. The van der Waals surface area contributed by atoms with Crippen molar-refractivity contribution in [2.75, 3.05) is 43.5 Å². The number of hydrogen-bond donors (Lipinski definition) is 1. The van der Waals surface area contributed by atoms with Gasteiger partial charge in [0.05, 0.1) is 12.8 Å². The molecule has 1 saturated heterocycles. The van der Waals surface area contributed by atoms with Crippen molar-refractivity contribution >= 4 is 17.3 Å². The first-order valence-corrected chi connectivity index (χ1v) is 9.98. The van der Waals surface area contributed by atoms with Gasteiger partial charge in [0.1, 0.15) is 23.2 Å². The third-order valence-electron chi connectivity index (χ3n) is 5.14. The topological polar surface area (TPSA) is 53.5 Å². The van der Waals surface area contributed by atoms with Gasteiger partial charge in [-0.1, -0.05) is 42.5 Å². The summed E-state index contributed by atoms with van der Waals surface area (Å²) >= 11 is 0. The average molecular weight is 390 g/mol. The van der Waals surface area contributed by atoms with E-state index in [0.717, 1.165) is 61.6 Å². The van der Waals surface area contributed by atoms with E-state index in [1.54, 1.807) is 7.11 Å². The van der Waals surface area contributed by atoms with Gasteiger partial charge >= 0.3 is 0 Å². The highest BCUT2D eigenvalue weighted by Crippen LogP contribution is 2.27. The Morgan fingerprint density at radius 1 is 0.931 bits per heavy atom. The normalized spacial score (nSPS) is 14.6. The van der Waals surface area contributed by atoms with Gasteiger partial charge in [0, 0.05) is 38.8 Å². The summed E-state index contributed by atoms with van der Waals surface area (Å²) in [6.07, 6.45) is 0. The molecule has 4 rings (SSSR count). The average Bonchev–Trinajstić information content (AvgIpc) is 2.75. The summed E-state index contributed by atoms with van der Waals surface area (Å²) in [6, 6.07) is 20.5. The molecule has 1 fully saturated rings. The van der Waals surface area contributed by atoms with Crippen molar-refractivity contribution in [1.29, 1.82) is 0 Å². The predicted octanol–water partition coefficient (Wildman–Crippen LogP) is 3.86. The molecule has 1 N–H and O–H groups in total. The molecule has 150 valence electrons. The first-order valence-electron chi connectivity index (χ1n) is 9.98. The molecule has 0 amide bonds. The number of piperazine rings is 1. The summed E-state index contributed by atoms with van der Waals surface area (Å²) in [7, 11) is 1.67. The zero-order chi connectivity index (χ0) is 20.1. The lowest BCUT2D eigenvalue weighted by atomic mass is 10.2. The molecule has 1 aromatic heterocycles. The van der Waals surface area contributed by atoms with Crippen LogP contribution < -0.4 is 15.0 Å². The van der Waals surface area contributed by atoms with E-state index in [2.05, 4.69) is 55.4 Å². The molecule has 29 heavy (non-hydrogen) atoms. The van der Waals surface area contributed by atoms with Crippen LogP contribution in [0.25, 0.3) is 0 Å². The van der Waals surface area contributed by atoms with Crippen LogP contribution in [0.2, 0.25) is 0 Å². The van der Waals surface area contributed by atoms with Crippen LogP contribution in [0.5, 0.6) is 5.75 Å². The minimum Gasteiger partial charge on any atom is -0.495 e. The number of nitrogens with zero attached hydrogens (tertiary/aromatic N) is 4. The molecule has 2 aromatic carbocycles. The molecule has 0 radical (unpaired) electrons. The number of ether oxygens (including phenoxy) is 1. The lowest BCUT2D eigenvalue weighted by Gasteiger charge is -2.35. The number of methoxy groups -OCH3 is 1. The van der Waals surface area contributed by atoms with Crippen LogP contribution in [-0.2, 0) is 6.54 Å². The van der Waals surface area contributed by atoms with Crippen LogP contribution in [0.4, 0.5) is 17.3 Å². The van der Waals surface area contributed by atoms with Gasteiger partial charge in [0.2, 0.25) is 0 Å². The Hall–Kier alpha value is -3.12. The van der Waals surface area contributed by atoms with Crippen LogP contribution in [0.15, 0.2) is 60.7 Å². The number of benzene rings is 2. The van der Waals surface area contributed by atoms with Gasteiger partial charge in [-0.15, -0.1) is 0 Å². The largest absolute Gasteiger partial charge is 0.495 e. The summed E-state index contributed by atoms with van der Waals surface area (Å²) in [5, 5.41) is 3.37. The number of rotatable bonds is 6. The summed E-state index contributed by atoms with van der Waals surface area (Å²) in [6.45, 7) is 6.88. The van der Waals surface area contributed by atoms with Crippen LogP contribution in [0.3, 0.4) is 0 Å². The second kappa shape index (κ2) is 8.92. The Morgan fingerprint density at radius 2 is 1.66 bits per heavy atom. The number of hydrogen-bond acceptors (Lipinski definition) is 6. The maximum Gasteiger partial charge on any atom is 0.142 e. The quantitative estimate of drug-likeness (QED) is 0.691. The summed E-state index contributed by atoms with van der Waals surface area (Å²) in [5.41, 5.74) is 2.26. The lowest BCUT2D eigenvalue weighted by Crippen LogP contribution is -2.46. The van der Waals surface area contributed by atoms with E-state index in [0.29, 0.717) is 0 Å². The second-order valence-electron chi connectivity index (χ2n) is 7.23. The smallest absolute Gasteiger partial charge is 0.142 e. The molecule has 1 aliphatic rings. The Morgan fingerprint density at radius 3 is 2.41 bits per heavy atom. The fraction of sp³-hybridized carbons (Fsp3) is 0.304. The summed E-state index contributed by atoms with van der Waals surface area (Å²) in [5.74, 6) is 3.30. The van der Waals surface area contributed by atoms with Crippen LogP contribution in [-0.4, -0.2) is 48.2 Å². The van der Waals surface area contributed by atoms with Crippen molar-refractivity contribution in [2.24, 2.45) is 0 Å². The van der Waals surface area contributed by atoms with Crippen molar-refractivity contribution in [2.45, 2.75) is 13.5 Å². The van der Waals surface area contributed by atoms with Gasteiger partial charge in [-0.25, -0.2) is 9.97 Å². The van der Waals surface area contributed by atoms with Gasteiger partial charge in [0.15, 0.2) is 0 Å². The number of aromatic nitrogens is 2. The molecule has 0 saturated carbocycles. The molecule has 2 heterocycles. The highest BCUT2D eigenvalue weighted by Gasteiger charge is 2.19. The van der Waals surface area contributed by atoms with E-state index in [-0.39, 0.29) is 0 Å². The van der Waals surface area contributed by atoms with Crippen molar-refractivity contribution in [3.63, 3.8) is 0 Å². The van der Waals surface area contributed by atoms with E-state index in [4.69, 9.17) is 4.74 Å². The minimum atomic E-state index is 0.756. The molecule has 6 heteroatoms. The first kappa shape index (κ1) is 19.2. The summed E-state index contributed by atoms with van der Waals surface area (Å²) in [4.78, 5) is 14.1. The van der Waals surface area contributed by atoms with Gasteiger partial charge in [-0.05, 0) is 24.6 Å². The van der Waals surface area contributed by atoms with E-state index < -0.39 is 0 Å². The lowest BCUT2D eigenvalue weighted by molar-refractivity contribution is 0.249. The number of aryl methyl sites for hydroxylation is 1. The molecular weight excluding hydrogens is 362 g/mol. The maximum atomic E-state index is 5.43. The fourth-order valence-corrected chi connectivity index (χ4v) is 3.64. The van der Waals surface area contributed by atoms with Gasteiger partial charge in [0.25, 0.3) is 0 Å². The third kappa shape index (κ3) is 4.84. The maximum absolute atomic E-state index is 5.43. The van der Waals surface area contributed by atoms with E-state index in [1.807, 2.05) is 37.3 Å². The third-order valence-corrected chi connectivity index (χ3v) is 5.14. The molecule has 3 aromatic rings. The number of para-hydroxylation sites is 2. The highest BCUT2D eigenvalue weighted by molar-refractivity contribution is 5.65. The van der Waals surface area contributed by atoms with Crippen LogP contribution in [0, 0.1) is 6.92 Å². The Labute approximate surface area is 172 Å². The monoisotopic (exact) mass is 389 g/mol. The zero-order valence-electron chi connectivity index (χ0n) is 17.0. The standard InChI is InChI=1S/C23H27N5O/c1-18-24-22(26-20-10-6-7-11-21(20)29-2)16-23(25-18)28-14-12-27(13-15-28)17-19-8-4-3-5-9-19/h3-11,16H,12-15,17H2,1-2H3,(H,24,25,26). The Bertz CT molecular complexity index is 939. The van der Waals surface area contributed by atoms with Gasteiger partial charge in [-0.2, -0.15) is 0 Å². The Kier molecular flexibility index (Phi) is 5.91. The first-order chi connectivity index (χ1) is 14.2. The molecular formula is C23H27N5O. The SMILES string of the molecule is COc1ccccc1Nc1cc(N2CCN(Cc3ccccc3)CC2)nc(C)n1. The van der Waals surface area contributed by atoms with Crippen LogP contribution in [0.1, 0.15) is 11.4 Å². The molecule has 0 unspecified atom stereocenters. The minimum absolute atomic E-state index is 0.756. The number of nitrogens with one attached hydrogen (secondary N) is 1. The van der Waals surface area contributed by atoms with Gasteiger partial charge < -0.3 is 15.0 Å². The van der Waals surface area contributed by atoms with E-state index >= 15 is 0 Å².